The molecule has 0 fully saturated rings. The van der Waals surface area contributed by atoms with E-state index < -0.39 is 35.4 Å². The van der Waals surface area contributed by atoms with Crippen LogP contribution in [0.25, 0.3) is 0 Å². The van der Waals surface area contributed by atoms with Gasteiger partial charge in [-0.05, 0) is 38.5 Å². The summed E-state index contributed by atoms with van der Waals surface area (Å²) in [5.74, 6) is -1.87. The Kier molecular flexibility index (Phi) is 32.4. The van der Waals surface area contributed by atoms with Gasteiger partial charge in [0.2, 0.25) is 0 Å². The minimum atomic E-state index is -1.16. The second kappa shape index (κ2) is 34.1. The molecule has 0 unspecified atom stereocenters. The first kappa shape index (κ1) is 46.6. The first-order valence-corrected chi connectivity index (χ1v) is 19.7. The van der Waals surface area contributed by atoms with Crippen molar-refractivity contribution in [2.75, 3.05) is 19.0 Å². The quantitative estimate of drug-likeness (QED) is 0.0228. The Morgan fingerprint density at radius 1 is 0.714 bits per heavy atom. The molecule has 0 aliphatic carbocycles. The lowest BCUT2D eigenvalue weighted by Crippen LogP contribution is -2.38. The molecule has 4 atom stereocenters. The molecule has 282 valence electrons. The summed E-state index contributed by atoms with van der Waals surface area (Å²) in [6.45, 7) is 3.80. The van der Waals surface area contributed by atoms with E-state index in [9.17, 15) is 24.6 Å². The predicted molar refractivity (Wildman–Crippen MR) is 201 cm³/mol. The number of hydrogen-bond donors (Lipinski definition) is 4. The van der Waals surface area contributed by atoms with Crippen LogP contribution in [0.4, 0.5) is 0 Å². The Morgan fingerprint density at radius 3 is 2.00 bits per heavy atom. The number of carboxylic acid groups (broad SMARTS) is 1. The van der Waals surface area contributed by atoms with Crippen LogP contribution in [0.15, 0.2) is 48.6 Å². The zero-order chi connectivity index (χ0) is 36.4. The Hall–Kier alpha value is -2.40. The lowest BCUT2D eigenvalue weighted by Gasteiger charge is -2.21. The number of carboxylic acids is 1. The molecule has 5 N–H and O–H groups in total. The van der Waals surface area contributed by atoms with E-state index in [-0.39, 0.29) is 37.8 Å². The average Bonchev–Trinajstić information content (AvgIpc) is 3.08. The number of carbonyl (C=O) groups is 3. The van der Waals surface area contributed by atoms with Crippen molar-refractivity contribution in [3.05, 3.63) is 48.6 Å². The van der Waals surface area contributed by atoms with E-state index in [0.29, 0.717) is 12.8 Å². The zero-order valence-corrected chi connectivity index (χ0v) is 31.2. The van der Waals surface area contributed by atoms with E-state index in [0.717, 1.165) is 32.1 Å². The number of carbonyl (C=O) groups excluding carboxylic acids is 2. The highest BCUT2D eigenvalue weighted by Crippen LogP contribution is 2.21. The van der Waals surface area contributed by atoms with Crippen LogP contribution in [-0.4, -0.2) is 75.7 Å². The maximum Gasteiger partial charge on any atom is 0.323 e. The van der Waals surface area contributed by atoms with Crippen molar-refractivity contribution in [1.82, 2.24) is 0 Å². The number of ether oxygens (including phenoxy) is 2. The number of aliphatic carboxylic acids is 1. The fourth-order valence-corrected chi connectivity index (χ4v) is 5.95. The molecule has 0 aromatic carbocycles. The summed E-state index contributed by atoms with van der Waals surface area (Å²) in [5, 5.41) is 29.4. The van der Waals surface area contributed by atoms with Crippen molar-refractivity contribution < 1.29 is 39.2 Å². The van der Waals surface area contributed by atoms with E-state index in [2.05, 4.69) is 32.1 Å². The van der Waals surface area contributed by atoms with E-state index in [4.69, 9.17) is 20.3 Å². The minimum Gasteiger partial charge on any atom is -0.481 e. The molecular weight excluding hydrogens is 642 g/mol. The first-order chi connectivity index (χ1) is 23.7. The van der Waals surface area contributed by atoms with Gasteiger partial charge in [0.05, 0.1) is 6.10 Å². The van der Waals surface area contributed by atoms with Crippen LogP contribution in [0.1, 0.15) is 136 Å². The van der Waals surface area contributed by atoms with Crippen molar-refractivity contribution in [2.24, 2.45) is 5.73 Å². The van der Waals surface area contributed by atoms with Crippen LogP contribution in [0.5, 0.6) is 0 Å². The first-order valence-electron chi connectivity index (χ1n) is 18.6. The molecule has 0 amide bonds. The van der Waals surface area contributed by atoms with Crippen molar-refractivity contribution in [2.45, 2.75) is 159 Å². The van der Waals surface area contributed by atoms with Crippen molar-refractivity contribution in [1.29, 1.82) is 0 Å². The third kappa shape index (κ3) is 31.3. The van der Waals surface area contributed by atoms with E-state index in [1.54, 1.807) is 12.2 Å². The summed E-state index contributed by atoms with van der Waals surface area (Å²) in [6.07, 6.45) is 32.0. The molecule has 0 heterocycles. The lowest BCUT2D eigenvalue weighted by molar-refractivity contribution is -0.153. The topological polar surface area (TPSA) is 156 Å². The molecule has 0 aliphatic rings. The maximum absolute atomic E-state index is 12.5. The number of allylic oxidation sites excluding steroid dienone is 7. The van der Waals surface area contributed by atoms with Crippen LogP contribution in [0.2, 0.25) is 0 Å². The molecule has 0 bridgehead atoms. The second-order valence-electron chi connectivity index (χ2n) is 12.6. The average molecular weight is 710 g/mol. The third-order valence-corrected chi connectivity index (χ3v) is 9.22. The fourth-order valence-electron chi connectivity index (χ4n) is 4.82. The third-order valence-electron chi connectivity index (χ3n) is 7.81. The largest absolute Gasteiger partial charge is 0.481 e. The Bertz CT molecular complexity index is 951. The van der Waals surface area contributed by atoms with Gasteiger partial charge in [0.1, 0.15) is 25.4 Å². The predicted octanol–water partition coefficient (Wildman–Crippen LogP) is 7.98. The summed E-state index contributed by atoms with van der Waals surface area (Å²) in [6, 6.07) is -1.01. The number of unbranched alkanes of at least 4 members (excludes halogenated alkanes) is 12. The lowest BCUT2D eigenvalue weighted by atomic mass is 10.1. The van der Waals surface area contributed by atoms with Gasteiger partial charge in [0.25, 0.3) is 0 Å². The molecular formula is C39H67NO8S. The molecule has 0 aliphatic heterocycles. The van der Waals surface area contributed by atoms with Gasteiger partial charge < -0.3 is 30.5 Å². The highest BCUT2D eigenvalue weighted by atomic mass is 32.2. The smallest absolute Gasteiger partial charge is 0.323 e. The van der Waals surface area contributed by atoms with Crippen LogP contribution in [0, 0.1) is 0 Å². The second-order valence-corrected chi connectivity index (χ2v) is 13.8. The Morgan fingerprint density at radius 2 is 1.33 bits per heavy atom. The standard InChI is InChI=1S/C39H67NO8S/c1-3-5-7-9-11-13-15-16-17-19-21-23-27-36(35(42)26-25-28-37(43)44)49-32-34(40)39(46)48-31-33(41)30-47-38(45)29-24-22-20-18-14-12-10-8-6-4-2/h11,13,16-17,19,21,23,27,33-36,41-42H,3-10,12,14-15,18,20,22,24-26,28-32,40H2,1-2H3,(H,43,44)/b13-11-,17-16-,21-19+,27-23+/t33-,34+,35+,36-/m1/s1. The highest BCUT2D eigenvalue weighted by molar-refractivity contribution is 8.00. The molecule has 0 saturated heterocycles. The molecule has 0 spiro atoms. The van der Waals surface area contributed by atoms with Crippen molar-refractivity contribution >= 4 is 29.7 Å². The number of aliphatic hydroxyl groups is 2. The van der Waals surface area contributed by atoms with E-state index in [1.165, 1.54) is 76.0 Å². The van der Waals surface area contributed by atoms with Gasteiger partial charge in [-0.25, -0.2) is 0 Å². The monoisotopic (exact) mass is 709 g/mol. The van der Waals surface area contributed by atoms with E-state index in [1.807, 2.05) is 18.2 Å². The summed E-state index contributed by atoms with van der Waals surface area (Å²) < 4.78 is 10.3. The van der Waals surface area contributed by atoms with Crippen molar-refractivity contribution in [3.8, 4) is 0 Å². The number of nitrogens with two attached hydrogens (primary N) is 1. The van der Waals surface area contributed by atoms with Gasteiger partial charge >= 0.3 is 17.9 Å². The molecule has 0 saturated carbocycles. The van der Waals surface area contributed by atoms with Gasteiger partial charge in [0.15, 0.2) is 0 Å². The zero-order valence-electron chi connectivity index (χ0n) is 30.4. The number of hydrogen-bond acceptors (Lipinski definition) is 9. The molecule has 10 heteroatoms. The van der Waals surface area contributed by atoms with Gasteiger partial charge in [0, 0.05) is 23.8 Å². The molecule has 0 rings (SSSR count). The van der Waals surface area contributed by atoms with Gasteiger partial charge in [-0.2, -0.15) is 0 Å². The fraction of sp³-hybridized carbons (Fsp3) is 0.718. The summed E-state index contributed by atoms with van der Waals surface area (Å²) in [7, 11) is 0. The number of esters is 2. The Labute approximate surface area is 300 Å². The van der Waals surface area contributed by atoms with Gasteiger partial charge in [-0.1, -0.05) is 133 Å². The van der Waals surface area contributed by atoms with E-state index >= 15 is 0 Å². The SMILES string of the molecule is CCCCC/C=C\C\C=C/C=C/C=C/[C@@H](SC[C@H](N)C(=O)OC[C@H](O)COC(=O)CCCCCCCCCCCC)[C@@H](O)CCCC(=O)O. The summed E-state index contributed by atoms with van der Waals surface area (Å²) in [4.78, 5) is 35.4. The highest BCUT2D eigenvalue weighted by Gasteiger charge is 2.22. The molecule has 0 radical (unpaired) electrons. The summed E-state index contributed by atoms with van der Waals surface area (Å²) in [5.41, 5.74) is 6.03. The Balaban J connectivity index is 4.49. The number of aliphatic hydroxyl groups excluding tert-OH is 2. The normalized spacial score (nSPS) is 14.6. The van der Waals surface area contributed by atoms with Crippen molar-refractivity contribution in [3.63, 3.8) is 0 Å². The van der Waals surface area contributed by atoms with Gasteiger partial charge in [-0.15, -0.1) is 11.8 Å². The summed E-state index contributed by atoms with van der Waals surface area (Å²) >= 11 is 1.27. The molecule has 0 aromatic heterocycles. The number of rotatable bonds is 33. The van der Waals surface area contributed by atoms with Crippen LogP contribution in [-0.2, 0) is 23.9 Å². The van der Waals surface area contributed by atoms with Crippen LogP contribution >= 0.6 is 11.8 Å². The van der Waals surface area contributed by atoms with Gasteiger partial charge in [-0.3, -0.25) is 14.4 Å². The maximum atomic E-state index is 12.5. The molecule has 9 nitrogen and oxygen atoms in total. The molecule has 49 heavy (non-hydrogen) atoms. The molecule has 0 aromatic rings. The number of thioether (sulfide) groups is 1. The van der Waals surface area contributed by atoms with Crippen LogP contribution in [0.3, 0.4) is 0 Å². The van der Waals surface area contributed by atoms with Crippen LogP contribution < -0.4 is 5.73 Å². The minimum absolute atomic E-state index is 0.0430.